The predicted molar refractivity (Wildman–Crippen MR) is 79.5 cm³/mol. The molecule has 0 saturated heterocycles. The van der Waals surface area contributed by atoms with Crippen LogP contribution in [0.25, 0.3) is 16.9 Å². The van der Waals surface area contributed by atoms with Crippen LogP contribution in [0, 0.1) is 6.07 Å². The summed E-state index contributed by atoms with van der Waals surface area (Å²) in [7, 11) is 0. The molecule has 117 valence electrons. The Kier molecular flexibility index (Phi) is 4.00. The molecule has 3 nitrogen and oxygen atoms in total. The lowest BCUT2D eigenvalue weighted by Gasteiger charge is -2.14. The van der Waals surface area contributed by atoms with E-state index in [4.69, 9.17) is 11.6 Å². The number of alkyl halides is 3. The SMILES string of the molecule is FC(F)(F)Oc1cc[c]cc1-c1ccnn1-c1cccc(Cl)c1. The lowest BCUT2D eigenvalue weighted by Crippen LogP contribution is -2.17. The first-order chi connectivity index (χ1) is 10.9. The zero-order chi connectivity index (χ0) is 16.4. The van der Waals surface area contributed by atoms with Crippen LogP contribution in [0.5, 0.6) is 5.75 Å². The highest BCUT2D eigenvalue weighted by atomic mass is 35.5. The summed E-state index contributed by atoms with van der Waals surface area (Å²) in [6.45, 7) is 0. The molecule has 0 amide bonds. The van der Waals surface area contributed by atoms with Crippen molar-refractivity contribution >= 4 is 11.6 Å². The summed E-state index contributed by atoms with van der Waals surface area (Å²) in [6, 6.07) is 15.2. The van der Waals surface area contributed by atoms with Gasteiger partial charge in [-0.25, -0.2) is 4.68 Å². The molecule has 0 fully saturated rings. The molecule has 0 aliphatic rings. The van der Waals surface area contributed by atoms with E-state index in [0.717, 1.165) is 0 Å². The number of rotatable bonds is 3. The number of ether oxygens (including phenoxy) is 1. The lowest BCUT2D eigenvalue weighted by atomic mass is 10.1. The first kappa shape index (κ1) is 15.4. The van der Waals surface area contributed by atoms with Crippen LogP contribution < -0.4 is 4.74 Å². The van der Waals surface area contributed by atoms with Crippen molar-refractivity contribution in [3.8, 4) is 22.7 Å². The molecule has 2 aromatic carbocycles. The van der Waals surface area contributed by atoms with Gasteiger partial charge < -0.3 is 4.74 Å². The molecule has 0 spiro atoms. The van der Waals surface area contributed by atoms with Gasteiger partial charge in [-0.05, 0) is 42.5 Å². The second-order valence-corrected chi connectivity index (χ2v) is 5.01. The Morgan fingerprint density at radius 1 is 1.17 bits per heavy atom. The number of halogens is 4. The molecule has 3 aromatic rings. The molecular weight excluding hydrogens is 329 g/mol. The molecule has 3 rings (SSSR count). The van der Waals surface area contributed by atoms with Gasteiger partial charge in [0.15, 0.2) is 0 Å². The highest BCUT2D eigenvalue weighted by molar-refractivity contribution is 6.30. The minimum atomic E-state index is -4.78. The Bertz CT molecular complexity index is 830. The van der Waals surface area contributed by atoms with Crippen molar-refractivity contribution in [2.75, 3.05) is 0 Å². The average molecular weight is 338 g/mol. The molecule has 23 heavy (non-hydrogen) atoms. The lowest BCUT2D eigenvalue weighted by molar-refractivity contribution is -0.274. The van der Waals surface area contributed by atoms with Gasteiger partial charge in [-0.15, -0.1) is 13.2 Å². The largest absolute Gasteiger partial charge is 0.573 e. The second-order valence-electron chi connectivity index (χ2n) is 4.58. The summed E-state index contributed by atoms with van der Waals surface area (Å²) in [6.07, 6.45) is -3.29. The van der Waals surface area contributed by atoms with Gasteiger partial charge in [0.1, 0.15) is 5.75 Å². The highest BCUT2D eigenvalue weighted by Gasteiger charge is 2.32. The molecule has 0 atom stereocenters. The predicted octanol–water partition coefficient (Wildman–Crippen LogP) is 4.89. The van der Waals surface area contributed by atoms with E-state index in [-0.39, 0.29) is 11.3 Å². The quantitative estimate of drug-likeness (QED) is 0.680. The number of benzene rings is 2. The molecule has 7 heteroatoms. The maximum atomic E-state index is 12.6. The maximum absolute atomic E-state index is 12.6. The fraction of sp³-hybridized carbons (Fsp3) is 0.0625. The molecule has 1 heterocycles. The normalized spacial score (nSPS) is 11.5. The van der Waals surface area contributed by atoms with Gasteiger partial charge in [0.25, 0.3) is 0 Å². The molecule has 0 saturated carbocycles. The van der Waals surface area contributed by atoms with E-state index >= 15 is 0 Å². The number of aromatic nitrogens is 2. The first-order valence-corrected chi connectivity index (χ1v) is 6.88. The van der Waals surface area contributed by atoms with E-state index < -0.39 is 6.36 Å². The van der Waals surface area contributed by atoms with Crippen LogP contribution in [0.3, 0.4) is 0 Å². The van der Waals surface area contributed by atoms with Crippen LogP contribution in [0.2, 0.25) is 5.02 Å². The summed E-state index contributed by atoms with van der Waals surface area (Å²) in [5, 5.41) is 4.64. The zero-order valence-electron chi connectivity index (χ0n) is 11.5. The third-order valence-corrected chi connectivity index (χ3v) is 3.26. The van der Waals surface area contributed by atoms with Gasteiger partial charge in [-0.2, -0.15) is 5.10 Å². The van der Waals surface area contributed by atoms with Gasteiger partial charge in [0, 0.05) is 10.6 Å². The van der Waals surface area contributed by atoms with E-state index in [1.54, 1.807) is 30.3 Å². The van der Waals surface area contributed by atoms with Crippen LogP contribution in [0.15, 0.2) is 54.7 Å². The third kappa shape index (κ3) is 3.48. The Morgan fingerprint density at radius 2 is 2.00 bits per heavy atom. The molecular formula is C16H9ClF3N2O. The van der Waals surface area contributed by atoms with Crippen LogP contribution in [0.1, 0.15) is 0 Å². The Labute approximate surface area is 134 Å². The van der Waals surface area contributed by atoms with Gasteiger partial charge in [0.2, 0.25) is 0 Å². The van der Waals surface area contributed by atoms with Crippen molar-refractivity contribution in [2.45, 2.75) is 6.36 Å². The fourth-order valence-electron chi connectivity index (χ4n) is 2.15. The van der Waals surface area contributed by atoms with E-state index in [1.165, 1.54) is 29.1 Å². The molecule has 0 aliphatic heterocycles. The topological polar surface area (TPSA) is 27.1 Å². The second kappa shape index (κ2) is 5.96. The van der Waals surface area contributed by atoms with Crippen molar-refractivity contribution < 1.29 is 17.9 Å². The van der Waals surface area contributed by atoms with Gasteiger partial charge in [-0.1, -0.05) is 23.7 Å². The molecule has 0 aliphatic carbocycles. The van der Waals surface area contributed by atoms with Crippen molar-refractivity contribution in [1.29, 1.82) is 0 Å². The summed E-state index contributed by atoms with van der Waals surface area (Å²) < 4.78 is 43.3. The van der Waals surface area contributed by atoms with Crippen LogP contribution in [0.4, 0.5) is 13.2 Å². The summed E-state index contributed by atoms with van der Waals surface area (Å²) >= 11 is 5.96. The van der Waals surface area contributed by atoms with Crippen LogP contribution in [-0.4, -0.2) is 16.1 Å². The van der Waals surface area contributed by atoms with E-state index in [9.17, 15) is 13.2 Å². The molecule has 1 radical (unpaired) electrons. The number of hydrogen-bond donors (Lipinski definition) is 0. The van der Waals surface area contributed by atoms with Gasteiger partial charge in [-0.3, -0.25) is 0 Å². The van der Waals surface area contributed by atoms with E-state index in [2.05, 4.69) is 15.9 Å². The van der Waals surface area contributed by atoms with Crippen molar-refractivity contribution in [3.63, 3.8) is 0 Å². The van der Waals surface area contributed by atoms with E-state index in [0.29, 0.717) is 16.4 Å². The molecule has 0 unspecified atom stereocenters. The minimum Gasteiger partial charge on any atom is -0.405 e. The van der Waals surface area contributed by atoms with Crippen molar-refractivity contribution in [3.05, 3.63) is 65.8 Å². The van der Waals surface area contributed by atoms with Crippen molar-refractivity contribution in [1.82, 2.24) is 9.78 Å². The van der Waals surface area contributed by atoms with Crippen LogP contribution in [-0.2, 0) is 0 Å². The summed E-state index contributed by atoms with van der Waals surface area (Å²) in [4.78, 5) is 0. The van der Waals surface area contributed by atoms with Gasteiger partial charge in [0.05, 0.1) is 17.6 Å². The molecule has 0 N–H and O–H groups in total. The monoisotopic (exact) mass is 337 g/mol. The van der Waals surface area contributed by atoms with E-state index in [1.807, 2.05) is 0 Å². The number of nitrogens with zero attached hydrogens (tertiary/aromatic N) is 2. The molecule has 1 aromatic heterocycles. The Hall–Kier alpha value is -2.47. The highest BCUT2D eigenvalue weighted by Crippen LogP contribution is 2.34. The molecule has 0 bridgehead atoms. The Balaban J connectivity index is 2.10. The zero-order valence-corrected chi connectivity index (χ0v) is 12.3. The summed E-state index contributed by atoms with van der Waals surface area (Å²) in [5.41, 5.74) is 1.28. The Morgan fingerprint density at radius 3 is 2.74 bits per heavy atom. The standard InChI is InChI=1S/C16H9ClF3N2O/c17-11-4-3-5-12(10-11)22-14(8-9-21-22)13-6-1-2-7-15(13)23-16(18,19)20/h2-10H. The minimum absolute atomic E-state index is 0.224. The summed E-state index contributed by atoms with van der Waals surface area (Å²) in [5.74, 6) is -0.319. The average Bonchev–Trinajstić information content (AvgIpc) is 2.95. The van der Waals surface area contributed by atoms with Gasteiger partial charge >= 0.3 is 6.36 Å². The first-order valence-electron chi connectivity index (χ1n) is 6.50. The van der Waals surface area contributed by atoms with Crippen molar-refractivity contribution in [2.24, 2.45) is 0 Å². The maximum Gasteiger partial charge on any atom is 0.573 e. The third-order valence-electron chi connectivity index (χ3n) is 3.02. The number of hydrogen-bond acceptors (Lipinski definition) is 2. The van der Waals surface area contributed by atoms with Crippen LogP contribution >= 0.6 is 11.6 Å². The fourth-order valence-corrected chi connectivity index (χ4v) is 2.34. The smallest absolute Gasteiger partial charge is 0.405 e.